The third-order valence-corrected chi connectivity index (χ3v) is 3.46. The minimum atomic E-state index is -0.104. The third kappa shape index (κ3) is 2.69. The summed E-state index contributed by atoms with van der Waals surface area (Å²) in [7, 11) is 0. The zero-order valence-electron chi connectivity index (χ0n) is 9.39. The lowest BCUT2D eigenvalue weighted by molar-refractivity contribution is 0.631. The predicted molar refractivity (Wildman–Crippen MR) is 70.1 cm³/mol. The smallest absolute Gasteiger partial charge is 0.115 e. The first-order valence-corrected chi connectivity index (χ1v) is 5.98. The fourth-order valence-corrected chi connectivity index (χ4v) is 2.03. The summed E-state index contributed by atoms with van der Waals surface area (Å²) < 4.78 is 1.06. The van der Waals surface area contributed by atoms with Crippen molar-refractivity contribution in [1.82, 2.24) is 15.4 Å². The van der Waals surface area contributed by atoms with Crippen LogP contribution in [0.4, 0.5) is 0 Å². The number of hydrazine groups is 1. The Labute approximate surface area is 108 Å². The lowest BCUT2D eigenvalue weighted by Gasteiger charge is -2.16. The Morgan fingerprint density at radius 2 is 1.94 bits per heavy atom. The van der Waals surface area contributed by atoms with Crippen molar-refractivity contribution in [2.45, 2.75) is 13.0 Å². The number of halogens is 1. The number of aromatic nitrogens is 2. The van der Waals surface area contributed by atoms with Crippen molar-refractivity contribution in [3.05, 3.63) is 58.1 Å². The molecule has 17 heavy (non-hydrogen) atoms. The Morgan fingerprint density at radius 3 is 2.53 bits per heavy atom. The normalized spacial score (nSPS) is 12.4. The summed E-state index contributed by atoms with van der Waals surface area (Å²) in [4.78, 5) is 8.00. The highest BCUT2D eigenvalue weighted by Crippen LogP contribution is 2.25. The number of hydrogen-bond acceptors (Lipinski definition) is 4. The van der Waals surface area contributed by atoms with Gasteiger partial charge < -0.3 is 0 Å². The Hall–Kier alpha value is -1.30. The molecule has 5 heteroatoms. The maximum absolute atomic E-state index is 5.60. The monoisotopic (exact) mass is 292 g/mol. The van der Waals surface area contributed by atoms with Crippen LogP contribution >= 0.6 is 15.9 Å². The van der Waals surface area contributed by atoms with Crippen LogP contribution in [0.3, 0.4) is 0 Å². The fourth-order valence-electron chi connectivity index (χ4n) is 1.63. The van der Waals surface area contributed by atoms with Crippen molar-refractivity contribution < 1.29 is 0 Å². The third-order valence-electron chi connectivity index (χ3n) is 2.61. The van der Waals surface area contributed by atoms with Gasteiger partial charge in [-0.3, -0.25) is 5.84 Å². The zero-order valence-corrected chi connectivity index (χ0v) is 11.0. The van der Waals surface area contributed by atoms with E-state index in [9.17, 15) is 0 Å². The number of benzene rings is 1. The molecule has 1 aromatic carbocycles. The maximum atomic E-state index is 5.60. The molecule has 0 bridgehead atoms. The van der Waals surface area contributed by atoms with Gasteiger partial charge in [-0.25, -0.2) is 15.4 Å². The van der Waals surface area contributed by atoms with E-state index in [1.165, 1.54) is 11.9 Å². The molecule has 1 heterocycles. The predicted octanol–water partition coefficient (Wildman–Crippen LogP) is 2.10. The van der Waals surface area contributed by atoms with Crippen molar-refractivity contribution in [2.75, 3.05) is 0 Å². The van der Waals surface area contributed by atoms with Gasteiger partial charge in [0.15, 0.2) is 0 Å². The molecule has 0 amide bonds. The molecule has 3 N–H and O–H groups in total. The summed E-state index contributed by atoms with van der Waals surface area (Å²) in [6.07, 6.45) is 5.01. The lowest BCUT2D eigenvalue weighted by atomic mass is 10.0. The number of nitrogens with zero attached hydrogens (tertiary/aromatic N) is 2. The molecule has 0 saturated heterocycles. The van der Waals surface area contributed by atoms with Gasteiger partial charge >= 0.3 is 0 Å². The SMILES string of the molecule is Cc1ccc(C(NN)c2cncnc2)cc1Br. The van der Waals surface area contributed by atoms with Crippen LogP contribution in [0, 0.1) is 6.92 Å². The van der Waals surface area contributed by atoms with E-state index < -0.39 is 0 Å². The molecule has 2 aromatic rings. The first-order chi connectivity index (χ1) is 8.22. The molecule has 1 unspecified atom stereocenters. The molecule has 0 radical (unpaired) electrons. The second-order valence-electron chi connectivity index (χ2n) is 3.78. The summed E-state index contributed by atoms with van der Waals surface area (Å²) in [6, 6.07) is 6.03. The molecule has 1 atom stereocenters. The van der Waals surface area contributed by atoms with Crippen molar-refractivity contribution in [3.8, 4) is 0 Å². The van der Waals surface area contributed by atoms with Gasteiger partial charge in [0.1, 0.15) is 6.33 Å². The highest BCUT2D eigenvalue weighted by Gasteiger charge is 2.13. The Morgan fingerprint density at radius 1 is 1.24 bits per heavy atom. The maximum Gasteiger partial charge on any atom is 0.115 e. The van der Waals surface area contributed by atoms with E-state index in [2.05, 4.69) is 31.3 Å². The van der Waals surface area contributed by atoms with Gasteiger partial charge in [0.05, 0.1) is 6.04 Å². The topological polar surface area (TPSA) is 63.8 Å². The minimum absolute atomic E-state index is 0.104. The number of aryl methyl sites for hydroxylation is 1. The molecule has 0 aliphatic rings. The molecule has 88 valence electrons. The molecule has 1 aromatic heterocycles. The van der Waals surface area contributed by atoms with E-state index in [0.717, 1.165) is 15.6 Å². The molecule has 2 rings (SSSR count). The van der Waals surface area contributed by atoms with Gasteiger partial charge in [-0.1, -0.05) is 28.1 Å². The van der Waals surface area contributed by atoms with E-state index in [4.69, 9.17) is 5.84 Å². The molecule has 0 aliphatic carbocycles. The average Bonchev–Trinajstić information content (AvgIpc) is 2.36. The highest BCUT2D eigenvalue weighted by molar-refractivity contribution is 9.10. The second kappa shape index (κ2) is 5.35. The van der Waals surface area contributed by atoms with Crippen LogP contribution < -0.4 is 11.3 Å². The Bertz CT molecular complexity index is 501. The number of hydrogen-bond donors (Lipinski definition) is 2. The second-order valence-corrected chi connectivity index (χ2v) is 4.63. The summed E-state index contributed by atoms with van der Waals surface area (Å²) in [5.74, 6) is 5.60. The quantitative estimate of drug-likeness (QED) is 0.672. The number of rotatable bonds is 3. The first kappa shape index (κ1) is 12.2. The summed E-state index contributed by atoms with van der Waals surface area (Å²) in [5.41, 5.74) is 5.97. The van der Waals surface area contributed by atoms with Crippen molar-refractivity contribution >= 4 is 15.9 Å². The van der Waals surface area contributed by atoms with Crippen LogP contribution in [0.15, 0.2) is 41.4 Å². The molecule has 0 spiro atoms. The van der Waals surface area contributed by atoms with Gasteiger partial charge in [-0.2, -0.15) is 0 Å². The fraction of sp³-hybridized carbons (Fsp3) is 0.167. The minimum Gasteiger partial charge on any atom is -0.271 e. The first-order valence-electron chi connectivity index (χ1n) is 5.19. The van der Waals surface area contributed by atoms with E-state index in [1.54, 1.807) is 12.4 Å². The van der Waals surface area contributed by atoms with Gasteiger partial charge in [0, 0.05) is 22.4 Å². The van der Waals surface area contributed by atoms with Gasteiger partial charge in [-0.05, 0) is 24.1 Å². The standard InChI is InChI=1S/C12H13BrN4/c1-8-2-3-9(4-11(8)13)12(17-14)10-5-15-7-16-6-10/h2-7,12,17H,14H2,1H3. The molecular weight excluding hydrogens is 280 g/mol. The van der Waals surface area contributed by atoms with Crippen LogP contribution in [0.2, 0.25) is 0 Å². The summed E-state index contributed by atoms with van der Waals surface area (Å²) >= 11 is 3.52. The zero-order chi connectivity index (χ0) is 12.3. The Balaban J connectivity index is 2.39. The van der Waals surface area contributed by atoms with Gasteiger partial charge in [0.25, 0.3) is 0 Å². The number of nitrogens with two attached hydrogens (primary N) is 1. The van der Waals surface area contributed by atoms with Crippen molar-refractivity contribution in [2.24, 2.45) is 5.84 Å². The van der Waals surface area contributed by atoms with Crippen molar-refractivity contribution in [3.63, 3.8) is 0 Å². The molecule has 4 nitrogen and oxygen atoms in total. The average molecular weight is 293 g/mol. The van der Waals surface area contributed by atoms with Crippen LogP contribution in [0.5, 0.6) is 0 Å². The largest absolute Gasteiger partial charge is 0.271 e. The molecular formula is C12H13BrN4. The van der Waals surface area contributed by atoms with Crippen LogP contribution in [0.25, 0.3) is 0 Å². The van der Waals surface area contributed by atoms with E-state index in [0.29, 0.717) is 0 Å². The molecule has 0 saturated carbocycles. The lowest BCUT2D eigenvalue weighted by Crippen LogP contribution is -2.29. The number of nitrogens with one attached hydrogen (secondary N) is 1. The van der Waals surface area contributed by atoms with Crippen LogP contribution in [-0.4, -0.2) is 9.97 Å². The van der Waals surface area contributed by atoms with Gasteiger partial charge in [-0.15, -0.1) is 0 Å². The highest BCUT2D eigenvalue weighted by atomic mass is 79.9. The van der Waals surface area contributed by atoms with Gasteiger partial charge in [0.2, 0.25) is 0 Å². The van der Waals surface area contributed by atoms with Crippen LogP contribution in [-0.2, 0) is 0 Å². The van der Waals surface area contributed by atoms with E-state index in [-0.39, 0.29) is 6.04 Å². The van der Waals surface area contributed by atoms with Crippen molar-refractivity contribution in [1.29, 1.82) is 0 Å². The van der Waals surface area contributed by atoms with E-state index in [1.807, 2.05) is 25.1 Å². The molecule has 0 aliphatic heterocycles. The Kier molecular flexibility index (Phi) is 3.83. The van der Waals surface area contributed by atoms with E-state index >= 15 is 0 Å². The van der Waals surface area contributed by atoms with Crippen LogP contribution in [0.1, 0.15) is 22.7 Å². The summed E-state index contributed by atoms with van der Waals surface area (Å²) in [6.45, 7) is 2.05. The summed E-state index contributed by atoms with van der Waals surface area (Å²) in [5, 5.41) is 0. The molecule has 0 fully saturated rings.